The lowest BCUT2D eigenvalue weighted by atomic mass is 10.2. The standard InChI is InChI=1S/C31H34P2/c1-24-14-5-9-18-28(24)32(29-19-10-6-15-25(29)2)22-13-23-33(30-20-11-7-16-26(30)3)31-21-12-8-17-27(31)4/h5-12,14-21H,13,22-23H2,1-4H3. The molecule has 0 saturated carbocycles. The SMILES string of the molecule is Cc1ccccc1P(CCCP(c1ccccc1C)c1ccccc1C)c1ccccc1C. The normalized spacial score (nSPS) is 11.3. The molecule has 168 valence electrons. The lowest BCUT2D eigenvalue weighted by Gasteiger charge is -2.25. The van der Waals surface area contributed by atoms with Crippen molar-refractivity contribution in [1.29, 1.82) is 0 Å². The van der Waals surface area contributed by atoms with Crippen molar-refractivity contribution < 1.29 is 0 Å². The molecule has 0 radical (unpaired) electrons. The Morgan fingerprint density at radius 1 is 0.394 bits per heavy atom. The molecule has 33 heavy (non-hydrogen) atoms. The van der Waals surface area contributed by atoms with Crippen LogP contribution < -0.4 is 21.2 Å². The fraction of sp³-hybridized carbons (Fsp3) is 0.226. The zero-order chi connectivity index (χ0) is 23.2. The van der Waals surface area contributed by atoms with E-state index in [4.69, 9.17) is 0 Å². The molecule has 0 bridgehead atoms. The van der Waals surface area contributed by atoms with E-state index in [2.05, 4.69) is 125 Å². The first-order valence-electron chi connectivity index (χ1n) is 11.8. The van der Waals surface area contributed by atoms with E-state index in [1.807, 2.05) is 0 Å². The number of benzene rings is 4. The van der Waals surface area contributed by atoms with Crippen molar-refractivity contribution in [3.05, 3.63) is 119 Å². The van der Waals surface area contributed by atoms with Crippen molar-refractivity contribution in [2.45, 2.75) is 34.1 Å². The molecule has 2 heteroatoms. The van der Waals surface area contributed by atoms with E-state index in [0.29, 0.717) is 0 Å². The zero-order valence-corrected chi connectivity index (χ0v) is 22.0. The van der Waals surface area contributed by atoms with E-state index >= 15 is 0 Å². The minimum Gasteiger partial charge on any atom is -0.0620 e. The van der Waals surface area contributed by atoms with Gasteiger partial charge in [-0.2, -0.15) is 0 Å². The molecule has 0 aliphatic heterocycles. The summed E-state index contributed by atoms with van der Waals surface area (Å²) in [7, 11) is -0.732. The quantitative estimate of drug-likeness (QED) is 0.247. The van der Waals surface area contributed by atoms with Gasteiger partial charge in [-0.25, -0.2) is 0 Å². The van der Waals surface area contributed by atoms with Gasteiger partial charge in [0.25, 0.3) is 0 Å². The maximum Gasteiger partial charge on any atom is -0.0166 e. The molecule has 4 rings (SSSR count). The highest BCUT2D eigenvalue weighted by Crippen LogP contribution is 2.41. The van der Waals surface area contributed by atoms with Crippen LogP contribution >= 0.6 is 15.8 Å². The predicted octanol–water partition coefficient (Wildman–Crippen LogP) is 6.88. The Kier molecular flexibility index (Phi) is 8.14. The first kappa shape index (κ1) is 23.9. The van der Waals surface area contributed by atoms with Gasteiger partial charge in [-0.05, 0) is 106 Å². The van der Waals surface area contributed by atoms with Crippen LogP contribution in [0.4, 0.5) is 0 Å². The van der Waals surface area contributed by atoms with Gasteiger partial charge in [0.1, 0.15) is 0 Å². The van der Waals surface area contributed by atoms with E-state index < -0.39 is 0 Å². The monoisotopic (exact) mass is 468 g/mol. The Morgan fingerprint density at radius 2 is 0.636 bits per heavy atom. The lowest BCUT2D eigenvalue weighted by molar-refractivity contribution is 1.11. The van der Waals surface area contributed by atoms with Crippen LogP contribution in [-0.4, -0.2) is 12.3 Å². The summed E-state index contributed by atoms with van der Waals surface area (Å²) >= 11 is 0. The fourth-order valence-corrected chi connectivity index (χ4v) is 10.3. The molecule has 0 nitrogen and oxygen atoms in total. The van der Waals surface area contributed by atoms with Crippen LogP contribution in [0.2, 0.25) is 0 Å². The van der Waals surface area contributed by atoms with Gasteiger partial charge in [0.05, 0.1) is 0 Å². The van der Waals surface area contributed by atoms with E-state index in [0.717, 1.165) is 0 Å². The maximum absolute atomic E-state index is 2.36. The van der Waals surface area contributed by atoms with Crippen molar-refractivity contribution in [2.24, 2.45) is 0 Å². The Labute approximate surface area is 202 Å². The van der Waals surface area contributed by atoms with Crippen molar-refractivity contribution in [1.82, 2.24) is 0 Å². The molecule has 0 fully saturated rings. The first-order chi connectivity index (χ1) is 16.1. The molecule has 0 aliphatic rings. The second kappa shape index (κ2) is 11.2. The van der Waals surface area contributed by atoms with Gasteiger partial charge < -0.3 is 0 Å². The van der Waals surface area contributed by atoms with Gasteiger partial charge in [0.2, 0.25) is 0 Å². The summed E-state index contributed by atoms with van der Waals surface area (Å²) in [5.74, 6) is 0. The molecule has 0 saturated heterocycles. The van der Waals surface area contributed by atoms with Crippen LogP contribution in [0.1, 0.15) is 28.7 Å². The molecule has 0 unspecified atom stereocenters. The fourth-order valence-electron chi connectivity index (χ4n) is 4.59. The maximum atomic E-state index is 2.36. The summed E-state index contributed by atoms with van der Waals surface area (Å²) in [6.45, 7) is 9.10. The minimum atomic E-state index is -0.366. The third-order valence-electron chi connectivity index (χ3n) is 6.39. The third-order valence-corrected chi connectivity index (χ3v) is 12.2. The Balaban J connectivity index is 1.64. The zero-order valence-electron chi connectivity index (χ0n) is 20.3. The van der Waals surface area contributed by atoms with Crippen molar-refractivity contribution in [3.63, 3.8) is 0 Å². The summed E-state index contributed by atoms with van der Waals surface area (Å²) in [5.41, 5.74) is 5.69. The van der Waals surface area contributed by atoms with E-state index in [1.165, 1.54) is 62.2 Å². The second-order valence-electron chi connectivity index (χ2n) is 8.80. The van der Waals surface area contributed by atoms with E-state index in [1.54, 1.807) is 0 Å². The molecular formula is C31H34P2. The molecule has 4 aromatic rings. The summed E-state index contributed by atoms with van der Waals surface area (Å²) in [4.78, 5) is 0. The molecule has 0 atom stereocenters. The molecule has 0 amide bonds. The highest BCUT2D eigenvalue weighted by Gasteiger charge is 2.21. The Morgan fingerprint density at radius 3 is 0.879 bits per heavy atom. The summed E-state index contributed by atoms with van der Waals surface area (Å²) in [5, 5.41) is 6.16. The van der Waals surface area contributed by atoms with Crippen LogP contribution in [0.5, 0.6) is 0 Å². The van der Waals surface area contributed by atoms with Gasteiger partial charge in [-0.15, -0.1) is 0 Å². The number of rotatable bonds is 8. The average molecular weight is 469 g/mol. The predicted molar refractivity (Wildman–Crippen MR) is 151 cm³/mol. The highest BCUT2D eigenvalue weighted by molar-refractivity contribution is 7.74. The van der Waals surface area contributed by atoms with Crippen molar-refractivity contribution in [2.75, 3.05) is 12.3 Å². The lowest BCUT2D eigenvalue weighted by Crippen LogP contribution is -2.21. The summed E-state index contributed by atoms with van der Waals surface area (Å²) in [6.07, 6.45) is 3.71. The van der Waals surface area contributed by atoms with E-state index in [-0.39, 0.29) is 15.8 Å². The molecule has 4 aromatic carbocycles. The number of aryl methyl sites for hydroxylation is 4. The highest BCUT2D eigenvalue weighted by atomic mass is 31.1. The third kappa shape index (κ3) is 5.63. The van der Waals surface area contributed by atoms with Gasteiger partial charge in [0.15, 0.2) is 0 Å². The van der Waals surface area contributed by atoms with Crippen LogP contribution in [0, 0.1) is 27.7 Å². The molecule has 0 aliphatic carbocycles. The molecular weight excluding hydrogens is 434 g/mol. The topological polar surface area (TPSA) is 0 Å². The Bertz CT molecular complexity index is 1020. The smallest absolute Gasteiger partial charge is 0.0166 e. The molecule has 0 N–H and O–H groups in total. The van der Waals surface area contributed by atoms with Gasteiger partial charge in [-0.1, -0.05) is 97.1 Å². The summed E-state index contributed by atoms with van der Waals surface area (Å²) < 4.78 is 0. The van der Waals surface area contributed by atoms with Gasteiger partial charge in [0, 0.05) is 0 Å². The Hall–Kier alpha value is -2.26. The van der Waals surface area contributed by atoms with E-state index in [9.17, 15) is 0 Å². The summed E-state index contributed by atoms with van der Waals surface area (Å²) in [6, 6.07) is 36.1. The average Bonchev–Trinajstić information content (AvgIpc) is 2.82. The van der Waals surface area contributed by atoms with Crippen LogP contribution in [0.15, 0.2) is 97.1 Å². The second-order valence-corrected chi connectivity index (χ2v) is 13.3. The molecule has 0 spiro atoms. The largest absolute Gasteiger partial charge is 0.0620 e. The van der Waals surface area contributed by atoms with Crippen LogP contribution in [0.3, 0.4) is 0 Å². The molecule has 0 aromatic heterocycles. The van der Waals surface area contributed by atoms with Crippen LogP contribution in [-0.2, 0) is 0 Å². The van der Waals surface area contributed by atoms with Crippen molar-refractivity contribution >= 4 is 37.1 Å². The first-order valence-corrected chi connectivity index (χ1v) is 14.9. The number of hydrogen-bond acceptors (Lipinski definition) is 0. The van der Waals surface area contributed by atoms with Gasteiger partial charge in [-0.3, -0.25) is 0 Å². The molecule has 0 heterocycles. The number of hydrogen-bond donors (Lipinski definition) is 0. The van der Waals surface area contributed by atoms with Crippen LogP contribution in [0.25, 0.3) is 0 Å². The van der Waals surface area contributed by atoms with Crippen molar-refractivity contribution in [3.8, 4) is 0 Å². The minimum absolute atomic E-state index is 0.366. The van der Waals surface area contributed by atoms with Gasteiger partial charge >= 0.3 is 0 Å².